The van der Waals surface area contributed by atoms with Crippen LogP contribution in [0, 0.1) is 0 Å². The zero-order valence-electron chi connectivity index (χ0n) is 24.0. The van der Waals surface area contributed by atoms with Gasteiger partial charge in [0.1, 0.15) is 23.8 Å². The number of aryl methyl sites for hydroxylation is 2. The van der Waals surface area contributed by atoms with Crippen molar-refractivity contribution in [2.75, 3.05) is 36.0 Å². The molecule has 0 saturated heterocycles. The van der Waals surface area contributed by atoms with Crippen molar-refractivity contribution >= 4 is 55.7 Å². The van der Waals surface area contributed by atoms with E-state index in [4.69, 9.17) is 0 Å². The van der Waals surface area contributed by atoms with E-state index in [0.29, 0.717) is 0 Å². The number of rotatable bonds is 14. The predicted molar refractivity (Wildman–Crippen MR) is 162 cm³/mol. The highest BCUT2D eigenvalue weighted by atomic mass is 35.5. The molecule has 0 aliphatic carbocycles. The van der Waals surface area contributed by atoms with Gasteiger partial charge in [-0.05, 0) is 115 Å². The zero-order valence-corrected chi connectivity index (χ0v) is 27.2. The molecular weight excluding hydrogens is 595 g/mol. The molecule has 0 radical (unpaired) electrons. The van der Waals surface area contributed by atoms with Gasteiger partial charge >= 0.3 is 10.3 Å². The second-order valence-electron chi connectivity index (χ2n) is 9.25. The Morgan fingerprint density at radius 3 is 1.29 bits per heavy atom. The average Bonchev–Trinajstić information content (AvgIpc) is 3.58. The Kier molecular flexibility index (Phi) is 14.9. The maximum atomic E-state index is 4.38. The molecule has 0 fully saturated rings. The summed E-state index contributed by atoms with van der Waals surface area (Å²) in [4.78, 5) is 4.86. The third kappa shape index (κ3) is 10.1. The summed E-state index contributed by atoms with van der Waals surface area (Å²) in [7, 11) is 3.96. The van der Waals surface area contributed by atoms with Crippen molar-refractivity contribution in [1.29, 1.82) is 0 Å². The second-order valence-corrected chi connectivity index (χ2v) is 11.0. The van der Waals surface area contributed by atoms with E-state index in [9.17, 15) is 0 Å². The molecule has 0 aliphatic rings. The van der Waals surface area contributed by atoms with Gasteiger partial charge in [-0.25, -0.2) is 9.13 Å². The van der Waals surface area contributed by atoms with E-state index in [2.05, 4.69) is 68.4 Å². The largest absolute Gasteiger partial charge is 1.00 e. The molecule has 220 valence electrons. The molecule has 0 unspecified atom stereocenters. The summed E-state index contributed by atoms with van der Waals surface area (Å²) in [6, 6.07) is 16.8. The van der Waals surface area contributed by atoms with E-state index >= 15 is 0 Å². The molecule has 8 nitrogen and oxygen atoms in total. The Labute approximate surface area is 263 Å². The number of hydrogen-bond acceptors (Lipinski definition) is 8. The highest BCUT2D eigenvalue weighted by molar-refractivity contribution is 7.13. The molecule has 4 rings (SSSR count). The molecule has 2 heterocycles. The fourth-order valence-corrected chi connectivity index (χ4v) is 5.59. The maximum absolute atomic E-state index is 4.38. The number of halogens is 2. The lowest BCUT2D eigenvalue weighted by Gasteiger charge is -2.25. The van der Waals surface area contributed by atoms with E-state index in [1.165, 1.54) is 30.6 Å². The summed E-state index contributed by atoms with van der Waals surface area (Å²) >= 11 is 3.16. The Balaban J connectivity index is 0.00000294. The first-order valence-electron chi connectivity index (χ1n) is 13.5. The molecule has 41 heavy (non-hydrogen) atoms. The van der Waals surface area contributed by atoms with Gasteiger partial charge in [0.25, 0.3) is 0 Å². The molecule has 0 aliphatic heterocycles. The number of benzene rings is 2. The first kappa shape index (κ1) is 34.3. The van der Waals surface area contributed by atoms with Gasteiger partial charge in [-0.15, -0.1) is 0 Å². The smallest absolute Gasteiger partial charge is 0.408 e. The van der Waals surface area contributed by atoms with Crippen LogP contribution in [0.3, 0.4) is 0 Å². The molecule has 0 amide bonds. The number of nitrogens with zero attached hydrogens (tertiary/aromatic N) is 8. The van der Waals surface area contributed by atoms with Gasteiger partial charge in [0, 0.05) is 48.3 Å². The summed E-state index contributed by atoms with van der Waals surface area (Å²) in [5.41, 5.74) is 4.21. The van der Waals surface area contributed by atoms with Crippen molar-refractivity contribution in [3.05, 3.63) is 71.7 Å². The maximum Gasteiger partial charge on any atom is 0.408 e. The van der Waals surface area contributed by atoms with Crippen molar-refractivity contribution < 1.29 is 33.9 Å². The average molecular weight is 634 g/mol. The van der Waals surface area contributed by atoms with Gasteiger partial charge < -0.3 is 34.6 Å². The van der Waals surface area contributed by atoms with Gasteiger partial charge in [0.05, 0.1) is 24.3 Å². The van der Waals surface area contributed by atoms with Gasteiger partial charge in [0.15, 0.2) is 0 Å². The van der Waals surface area contributed by atoms with E-state index in [0.717, 1.165) is 47.8 Å². The van der Waals surface area contributed by atoms with Crippen LogP contribution in [0.4, 0.5) is 33.0 Å². The molecular formula is C29H38Cl2N8S2. The molecule has 0 bridgehead atoms. The van der Waals surface area contributed by atoms with Crippen LogP contribution < -0.4 is 43.7 Å². The van der Waals surface area contributed by atoms with Crippen molar-refractivity contribution in [3.63, 3.8) is 0 Å². The van der Waals surface area contributed by atoms with Gasteiger partial charge in [-0.3, -0.25) is 0 Å². The van der Waals surface area contributed by atoms with Crippen LogP contribution in [0.5, 0.6) is 0 Å². The third-order valence-electron chi connectivity index (χ3n) is 6.57. The SMILES string of the molecule is CCN(CCCCCN(CC)c1ccc(N=Nc2scc[n+]2C)cc1)c1ccc(N=Nc2scc[n+]2C)cc1.[Cl-].[Cl-]. The summed E-state index contributed by atoms with van der Waals surface area (Å²) in [6.07, 6.45) is 7.50. The molecule has 0 atom stereocenters. The van der Waals surface area contributed by atoms with E-state index < -0.39 is 0 Å². The van der Waals surface area contributed by atoms with Gasteiger partial charge in [-0.2, -0.15) is 0 Å². The summed E-state index contributed by atoms with van der Waals surface area (Å²) in [5, 5.41) is 23.3. The number of unbranched alkanes of at least 4 members (excludes halogenated alkanes) is 2. The normalized spacial score (nSPS) is 11.0. The van der Waals surface area contributed by atoms with Gasteiger partial charge in [0.2, 0.25) is 0 Å². The van der Waals surface area contributed by atoms with Crippen LogP contribution in [0.2, 0.25) is 0 Å². The lowest BCUT2D eigenvalue weighted by molar-refractivity contribution is -0.654. The van der Waals surface area contributed by atoms with E-state index in [1.807, 2.05) is 70.6 Å². The third-order valence-corrected chi connectivity index (χ3v) is 8.25. The van der Waals surface area contributed by atoms with Gasteiger partial charge in [-0.1, -0.05) is 0 Å². The molecule has 2 aromatic heterocycles. The Morgan fingerprint density at radius 2 is 0.976 bits per heavy atom. The Morgan fingerprint density at radius 1 is 0.585 bits per heavy atom. The fourth-order valence-electron chi connectivity index (χ4n) is 4.23. The second kappa shape index (κ2) is 17.8. The van der Waals surface area contributed by atoms with Crippen LogP contribution in [0.1, 0.15) is 33.1 Å². The lowest BCUT2D eigenvalue weighted by Crippen LogP contribution is -3.00. The number of hydrogen-bond donors (Lipinski definition) is 0. The van der Waals surface area contributed by atoms with Crippen LogP contribution in [0.15, 0.2) is 92.1 Å². The van der Waals surface area contributed by atoms with Crippen molar-refractivity contribution in [2.24, 2.45) is 34.6 Å². The molecule has 0 spiro atoms. The molecule has 4 aromatic rings. The first-order chi connectivity index (χ1) is 19.1. The quantitative estimate of drug-likeness (QED) is 0.121. The standard InChI is InChI=1S/C29H38N8S2.2ClH/c1-5-36(26-14-10-24(11-15-26)30-32-28-34(3)20-22-38-28)18-8-7-9-19-37(6-2)27-16-12-25(13-17-27)31-33-29-35(4)21-23-39-29;;/h10-17,20-23H,5-9,18-19H2,1-4H3;2*1H/q+2;;/p-2. The minimum atomic E-state index is 0. The summed E-state index contributed by atoms with van der Waals surface area (Å²) in [5.74, 6) is 0. The molecule has 2 aromatic carbocycles. The van der Waals surface area contributed by atoms with Crippen LogP contribution >= 0.6 is 22.7 Å². The fraction of sp³-hybridized carbons (Fsp3) is 0.379. The predicted octanol–water partition coefficient (Wildman–Crippen LogP) is 1.82. The monoisotopic (exact) mass is 632 g/mol. The van der Waals surface area contributed by atoms with Crippen molar-refractivity contribution in [2.45, 2.75) is 33.1 Å². The van der Waals surface area contributed by atoms with Crippen molar-refractivity contribution in [3.8, 4) is 0 Å². The Hall–Kier alpha value is -2.92. The summed E-state index contributed by atoms with van der Waals surface area (Å²) in [6.45, 7) is 8.51. The highest BCUT2D eigenvalue weighted by Gasteiger charge is 2.10. The summed E-state index contributed by atoms with van der Waals surface area (Å²) < 4.78 is 3.94. The number of thiazole rings is 2. The number of anilines is 2. The highest BCUT2D eigenvalue weighted by Crippen LogP contribution is 2.24. The molecule has 12 heteroatoms. The van der Waals surface area contributed by atoms with Crippen molar-refractivity contribution in [1.82, 2.24) is 0 Å². The molecule has 0 saturated carbocycles. The lowest BCUT2D eigenvalue weighted by atomic mass is 10.2. The number of aromatic nitrogens is 2. The minimum absolute atomic E-state index is 0. The zero-order chi connectivity index (χ0) is 27.5. The minimum Gasteiger partial charge on any atom is -1.00 e. The number of azo groups is 2. The Bertz CT molecular complexity index is 1250. The topological polar surface area (TPSA) is 63.7 Å². The van der Waals surface area contributed by atoms with E-state index in [1.54, 1.807) is 22.7 Å². The van der Waals surface area contributed by atoms with E-state index in [-0.39, 0.29) is 24.8 Å². The van der Waals surface area contributed by atoms with Crippen LogP contribution in [-0.2, 0) is 14.1 Å². The first-order valence-corrected chi connectivity index (χ1v) is 15.2. The molecule has 0 N–H and O–H groups in total. The van der Waals surface area contributed by atoms with Crippen LogP contribution in [-0.4, -0.2) is 26.2 Å². The van der Waals surface area contributed by atoms with Crippen LogP contribution in [0.25, 0.3) is 0 Å².